The van der Waals surface area contributed by atoms with Gasteiger partial charge in [0.1, 0.15) is 42.0 Å². The number of ether oxygens (including phenoxy) is 11. The van der Waals surface area contributed by atoms with Crippen molar-refractivity contribution in [2.75, 3.05) is 7.11 Å². The van der Waals surface area contributed by atoms with Crippen molar-refractivity contribution in [3.63, 3.8) is 0 Å². The molecule has 4 aliphatic carbocycles. The van der Waals surface area contributed by atoms with Gasteiger partial charge >= 0.3 is 18.0 Å². The lowest BCUT2D eigenvalue weighted by molar-refractivity contribution is -0.584. The molecule has 1 spiro atoms. The number of aldehydes is 1. The molecule has 5 heterocycles. The number of alkyl carbamates (subject to hydrolysis) is 1. The topological polar surface area (TPSA) is 343 Å². The van der Waals surface area contributed by atoms with Crippen molar-refractivity contribution in [3.8, 4) is 0 Å². The molecule has 25 nitrogen and oxygen atoms in total. The highest BCUT2D eigenvalue weighted by molar-refractivity contribution is 6.26. The molecular weight excluding hydrogens is 1130 g/mol. The van der Waals surface area contributed by atoms with Gasteiger partial charge in [-0.15, -0.1) is 0 Å². The molecule has 6 fully saturated rings. The van der Waals surface area contributed by atoms with Crippen LogP contribution in [-0.2, 0) is 71.3 Å². The number of hydrogen-bond donors (Lipinski definition) is 6. The first-order valence-corrected chi connectivity index (χ1v) is 30.0. The number of esters is 2. The molecule has 6 N–H and O–H groups in total. The number of ketones is 1. The highest BCUT2D eigenvalue weighted by Crippen LogP contribution is 2.61. The van der Waals surface area contributed by atoms with Gasteiger partial charge in [0, 0.05) is 61.7 Å². The zero-order valence-electron chi connectivity index (χ0n) is 50.8. The lowest BCUT2D eigenvalue weighted by atomic mass is 9.49. The van der Waals surface area contributed by atoms with Crippen LogP contribution < -0.4 is 5.32 Å². The largest absolute Gasteiger partial charge is 0.511 e. The van der Waals surface area contributed by atoms with E-state index in [1.165, 1.54) is 19.9 Å². The minimum atomic E-state index is -2.21. The molecule has 5 saturated heterocycles. The quantitative estimate of drug-likeness (QED) is 0.0299. The molecule has 0 aromatic carbocycles. The number of carbonyl (C=O) groups is 5. The molecule has 2 bridgehead atoms. The van der Waals surface area contributed by atoms with E-state index < -0.39 is 197 Å². The number of nitro groups is 1. The van der Waals surface area contributed by atoms with Crippen molar-refractivity contribution in [1.82, 2.24) is 5.32 Å². The van der Waals surface area contributed by atoms with E-state index in [4.69, 9.17) is 52.1 Å². The molecule has 5 aliphatic heterocycles. The Labute approximate surface area is 499 Å². The van der Waals surface area contributed by atoms with Crippen LogP contribution in [-0.4, -0.2) is 189 Å². The third-order valence-corrected chi connectivity index (χ3v) is 19.9. The summed E-state index contributed by atoms with van der Waals surface area (Å²) in [5, 5.41) is 72.5. The number of carbonyl (C=O) groups excluding carboxylic acids is 5. The van der Waals surface area contributed by atoms with Gasteiger partial charge in [0.05, 0.1) is 74.4 Å². The average Bonchev–Trinajstić information content (AvgIpc) is 1.43. The highest BCUT2D eigenvalue weighted by Gasteiger charge is 2.65. The zero-order chi connectivity index (χ0) is 62.8. The Morgan fingerprint density at radius 2 is 1.41 bits per heavy atom. The van der Waals surface area contributed by atoms with Crippen molar-refractivity contribution >= 4 is 30.1 Å². The van der Waals surface area contributed by atoms with E-state index in [1.54, 1.807) is 40.7 Å². The highest BCUT2D eigenvalue weighted by atomic mass is 16.7. The minimum Gasteiger partial charge on any atom is -0.511 e. The van der Waals surface area contributed by atoms with Crippen LogP contribution in [0.5, 0.6) is 0 Å². The first-order valence-electron chi connectivity index (χ1n) is 30.0. The van der Waals surface area contributed by atoms with Crippen LogP contribution in [0.1, 0.15) is 121 Å². The molecule has 478 valence electrons. The van der Waals surface area contributed by atoms with Crippen LogP contribution in [0.3, 0.4) is 0 Å². The van der Waals surface area contributed by atoms with Gasteiger partial charge < -0.3 is 83.0 Å². The van der Waals surface area contributed by atoms with Crippen molar-refractivity contribution in [3.05, 3.63) is 68.5 Å². The van der Waals surface area contributed by atoms with Crippen molar-refractivity contribution in [2.45, 2.75) is 243 Å². The summed E-state index contributed by atoms with van der Waals surface area (Å²) in [6.45, 7) is 18.7. The Kier molecular flexibility index (Phi) is 19.4. The number of allylic oxidation sites excluding steroid dienone is 3. The SMILES string of the molecule is COC(=O)NC1C(C)OC(OC2C/C=C(\C)C3C=CC4C(OC5CC(OC6CC(O)C(OC7CC(O)C(O)C(C)O7)C(C)O6)C(OC(C)=O)C(C)O5)C(C)CC(C)C4C3(C)/C(O)=C3/C(=O)OC4(CC(C=O)=CC(O)C4/C=C/2C)C3=O)CC1(C)[N+](=O)[O-]. The van der Waals surface area contributed by atoms with E-state index >= 15 is 4.79 Å². The fraction of sp³-hybridized carbons (Fsp3) is 0.754. The van der Waals surface area contributed by atoms with Crippen LogP contribution in [0.4, 0.5) is 4.79 Å². The van der Waals surface area contributed by atoms with Crippen LogP contribution in [0.2, 0.25) is 0 Å². The Hall–Kier alpha value is -5.03. The Balaban J connectivity index is 1.04. The number of Topliss-reactive ketones (excluding diaryl/α,β-unsaturated/α-hetero) is 1. The number of rotatable bonds is 12. The van der Waals surface area contributed by atoms with Gasteiger partial charge in [0.25, 0.3) is 0 Å². The molecule has 1 amide bonds. The van der Waals surface area contributed by atoms with E-state index in [1.807, 2.05) is 45.9 Å². The molecule has 25 heteroatoms. The molecule has 9 aliphatic rings. The zero-order valence-corrected chi connectivity index (χ0v) is 50.8. The maximum atomic E-state index is 15.5. The van der Waals surface area contributed by atoms with Crippen LogP contribution in [0.25, 0.3) is 0 Å². The van der Waals surface area contributed by atoms with Crippen molar-refractivity contribution in [1.29, 1.82) is 0 Å². The molecule has 0 aromatic rings. The smallest absolute Gasteiger partial charge is 0.407 e. The fourth-order valence-corrected chi connectivity index (χ4v) is 15.6. The second-order valence-corrected chi connectivity index (χ2v) is 25.8. The predicted octanol–water partition coefficient (Wildman–Crippen LogP) is 4.42. The number of nitrogens with zero attached hydrogens (tertiary/aromatic N) is 1. The van der Waals surface area contributed by atoms with Gasteiger partial charge in [-0.3, -0.25) is 24.5 Å². The summed E-state index contributed by atoms with van der Waals surface area (Å²) in [7, 11) is 1.14. The van der Waals surface area contributed by atoms with Gasteiger partial charge in [0.15, 0.2) is 36.9 Å². The van der Waals surface area contributed by atoms with Gasteiger partial charge in [-0.25, -0.2) is 9.59 Å². The fourth-order valence-electron chi connectivity index (χ4n) is 15.6. The molecule has 1 saturated carbocycles. The molecule has 9 rings (SSSR count). The third-order valence-electron chi connectivity index (χ3n) is 19.9. The monoisotopic (exact) mass is 1210 g/mol. The summed E-state index contributed by atoms with van der Waals surface area (Å²) < 4.78 is 68.0. The van der Waals surface area contributed by atoms with Gasteiger partial charge in [0.2, 0.25) is 11.3 Å². The molecule has 27 unspecified atom stereocenters. The Morgan fingerprint density at radius 1 is 0.779 bits per heavy atom. The molecule has 0 radical (unpaired) electrons. The molecule has 27 atom stereocenters. The Bertz CT molecular complexity index is 2740. The number of aliphatic hydroxyl groups is 5. The van der Waals surface area contributed by atoms with Gasteiger partial charge in [-0.05, 0) is 89.4 Å². The number of amides is 1. The second kappa shape index (κ2) is 25.5. The number of methoxy groups -OCH3 is 1. The van der Waals surface area contributed by atoms with Crippen molar-refractivity contribution in [2.24, 2.45) is 40.9 Å². The van der Waals surface area contributed by atoms with Crippen LogP contribution >= 0.6 is 0 Å². The summed E-state index contributed by atoms with van der Waals surface area (Å²) in [5.41, 5.74) is -4.99. The molecule has 0 aromatic heterocycles. The number of aliphatic hydroxyl groups excluding tert-OH is 5. The molecule has 86 heavy (non-hydrogen) atoms. The van der Waals surface area contributed by atoms with Crippen LogP contribution in [0, 0.1) is 51.0 Å². The van der Waals surface area contributed by atoms with E-state index in [-0.39, 0.29) is 49.5 Å². The lowest BCUT2D eigenvalue weighted by Crippen LogP contribution is -2.65. The summed E-state index contributed by atoms with van der Waals surface area (Å²) in [6, 6.07) is -1.13. The first-order chi connectivity index (χ1) is 40.4. The number of fused-ring (bicyclic) bond motifs is 4. The second-order valence-electron chi connectivity index (χ2n) is 25.8. The maximum absolute atomic E-state index is 15.5. The Morgan fingerprint density at radius 3 is 2.05 bits per heavy atom. The summed E-state index contributed by atoms with van der Waals surface area (Å²) in [6.07, 6.45) is -8.43. The standard InChI is InChI=1S/C61H86N2O23/c1-26-13-16-42(82-47-24-59(10,63(74)75)54(33(8)80-47)62-58(73)76-12)27(2)18-38-39(66)19-35(25-64)23-61(38)56(71)48(57(72)86-61)55(70)60(11)37(26)15-14-36-49(60)28(3)17-29(4)51(36)84-46-22-43(53(32(7)79-46)81-34(9)65)83-44-21-41(68)52(31(6)78-44)85-45-20-40(67)50(69)30(5)77-45/h13-15,18-19,25,28-33,36-47,49-54,66-70H,16-17,20-24H2,1-12H3,(H,62,73)/b26-13+,27-18+,55-48-. The van der Waals surface area contributed by atoms with Crippen molar-refractivity contribution < 1.29 is 107 Å². The lowest BCUT2D eigenvalue weighted by Gasteiger charge is -2.56. The predicted molar refractivity (Wildman–Crippen MR) is 298 cm³/mol. The van der Waals surface area contributed by atoms with E-state index in [0.717, 1.165) is 7.11 Å². The minimum absolute atomic E-state index is 0.0115. The summed E-state index contributed by atoms with van der Waals surface area (Å²) in [4.78, 5) is 80.1. The van der Waals surface area contributed by atoms with Crippen LogP contribution in [0.15, 0.2) is 58.4 Å². The van der Waals surface area contributed by atoms with Gasteiger partial charge in [-0.2, -0.15) is 0 Å². The summed E-state index contributed by atoms with van der Waals surface area (Å²) >= 11 is 0. The van der Waals surface area contributed by atoms with Gasteiger partial charge in [-0.1, -0.05) is 50.6 Å². The number of hydrogen-bond acceptors (Lipinski definition) is 23. The van der Waals surface area contributed by atoms with E-state index in [9.17, 15) is 54.8 Å². The maximum Gasteiger partial charge on any atom is 0.407 e. The normalized spacial score (nSPS) is 48.3. The third kappa shape index (κ3) is 12.2. The average molecular weight is 1220 g/mol. The van der Waals surface area contributed by atoms with E-state index in [2.05, 4.69) is 5.32 Å². The van der Waals surface area contributed by atoms with E-state index in [0.29, 0.717) is 23.9 Å². The summed E-state index contributed by atoms with van der Waals surface area (Å²) in [5.74, 6) is -6.68. The molecular formula is C61H86N2O23. The number of nitrogens with one attached hydrogen (secondary N) is 1. The first kappa shape index (κ1) is 65.4.